The molecule has 0 fully saturated rings. The molecule has 28 heavy (non-hydrogen) atoms. The maximum atomic E-state index is 12.9. The summed E-state index contributed by atoms with van der Waals surface area (Å²) in [6.07, 6.45) is 0.0350. The van der Waals surface area contributed by atoms with Crippen LogP contribution in [0.3, 0.4) is 0 Å². The van der Waals surface area contributed by atoms with Crippen molar-refractivity contribution in [1.29, 1.82) is 0 Å². The number of fused-ring (bicyclic) bond motifs is 1. The minimum absolute atomic E-state index is 0.0798. The Morgan fingerprint density at radius 1 is 1.11 bits per heavy atom. The van der Waals surface area contributed by atoms with Gasteiger partial charge in [-0.2, -0.15) is 0 Å². The normalized spacial score (nSPS) is 14.5. The van der Waals surface area contributed by atoms with Gasteiger partial charge in [0.05, 0.1) is 12.2 Å². The third kappa shape index (κ3) is 3.86. The highest BCUT2D eigenvalue weighted by Crippen LogP contribution is 2.31. The summed E-state index contributed by atoms with van der Waals surface area (Å²) in [5.74, 6) is 1.20. The summed E-state index contributed by atoms with van der Waals surface area (Å²) in [4.78, 5) is 14.7. The van der Waals surface area contributed by atoms with Gasteiger partial charge in [-0.1, -0.05) is 28.4 Å². The van der Waals surface area contributed by atoms with Crippen molar-refractivity contribution in [2.45, 2.75) is 26.0 Å². The van der Waals surface area contributed by atoms with Crippen molar-refractivity contribution in [3.63, 3.8) is 0 Å². The highest BCUT2D eigenvalue weighted by atomic mass is 35.5. The molecule has 1 unspecified atom stereocenters. The molecule has 0 N–H and O–H groups in total. The predicted octanol–water partition coefficient (Wildman–Crippen LogP) is 5.00. The second-order valence-electron chi connectivity index (χ2n) is 6.67. The average Bonchev–Trinajstić information content (AvgIpc) is 3.13. The lowest BCUT2D eigenvalue weighted by Crippen LogP contribution is -2.43. The SMILES string of the molecule is CC(Oc1ccc(Cl)cc1)C(=O)N1CCc2noc(-c3ccc(Cl)cc3)c2C1. The van der Waals surface area contributed by atoms with E-state index in [4.69, 9.17) is 32.5 Å². The molecule has 1 atom stereocenters. The molecular formula is C21H18Cl2N2O3. The zero-order valence-electron chi connectivity index (χ0n) is 15.2. The van der Waals surface area contributed by atoms with Gasteiger partial charge >= 0.3 is 0 Å². The molecule has 0 aliphatic carbocycles. The summed E-state index contributed by atoms with van der Waals surface area (Å²) < 4.78 is 11.3. The first kappa shape index (κ1) is 18.8. The van der Waals surface area contributed by atoms with Crippen LogP contribution >= 0.6 is 23.2 Å². The highest BCUT2D eigenvalue weighted by molar-refractivity contribution is 6.30. The van der Waals surface area contributed by atoms with E-state index in [0.717, 1.165) is 16.8 Å². The monoisotopic (exact) mass is 416 g/mol. The molecule has 1 amide bonds. The summed E-state index contributed by atoms with van der Waals surface area (Å²) >= 11 is 11.9. The van der Waals surface area contributed by atoms with Gasteiger partial charge in [0.1, 0.15) is 5.75 Å². The van der Waals surface area contributed by atoms with Gasteiger partial charge < -0.3 is 14.2 Å². The van der Waals surface area contributed by atoms with Crippen LogP contribution in [0.2, 0.25) is 10.0 Å². The molecule has 1 aliphatic heterocycles. The standard InChI is InChI=1S/C21H18Cl2N2O3/c1-13(27-17-8-6-16(23)7-9-17)21(26)25-11-10-19-18(12-25)20(28-24-19)14-2-4-15(22)5-3-14/h2-9,13H,10-12H2,1H3. The summed E-state index contributed by atoms with van der Waals surface area (Å²) in [5.41, 5.74) is 2.71. The van der Waals surface area contributed by atoms with E-state index < -0.39 is 6.10 Å². The van der Waals surface area contributed by atoms with Crippen molar-refractivity contribution in [1.82, 2.24) is 10.1 Å². The summed E-state index contributed by atoms with van der Waals surface area (Å²) in [6, 6.07) is 14.3. The van der Waals surface area contributed by atoms with Crippen LogP contribution in [0.4, 0.5) is 0 Å². The van der Waals surface area contributed by atoms with Crippen LogP contribution < -0.4 is 4.74 Å². The number of aromatic nitrogens is 1. The van der Waals surface area contributed by atoms with Gasteiger partial charge in [-0.05, 0) is 55.5 Å². The third-order valence-corrected chi connectivity index (χ3v) is 5.23. The van der Waals surface area contributed by atoms with Crippen LogP contribution in [0.25, 0.3) is 11.3 Å². The Bertz CT molecular complexity index is 984. The molecule has 0 bridgehead atoms. The number of halogens is 2. The number of ether oxygens (including phenoxy) is 1. The topological polar surface area (TPSA) is 55.6 Å². The van der Waals surface area contributed by atoms with Crippen molar-refractivity contribution in [2.24, 2.45) is 0 Å². The first-order valence-corrected chi connectivity index (χ1v) is 9.71. The first-order valence-electron chi connectivity index (χ1n) is 8.95. The lowest BCUT2D eigenvalue weighted by atomic mass is 10.0. The minimum atomic E-state index is -0.610. The number of carbonyl (C=O) groups is 1. The first-order chi connectivity index (χ1) is 13.5. The fraction of sp³-hybridized carbons (Fsp3) is 0.238. The molecule has 0 saturated carbocycles. The molecule has 7 heteroatoms. The quantitative estimate of drug-likeness (QED) is 0.600. The molecule has 0 radical (unpaired) electrons. The van der Waals surface area contributed by atoms with Crippen molar-refractivity contribution in [3.05, 3.63) is 69.8 Å². The van der Waals surface area contributed by atoms with Crippen LogP contribution in [0.5, 0.6) is 5.75 Å². The smallest absolute Gasteiger partial charge is 0.263 e. The number of carbonyl (C=O) groups excluding carboxylic acids is 1. The molecule has 2 heterocycles. The molecular weight excluding hydrogens is 399 g/mol. The Labute approximate surface area is 172 Å². The van der Waals surface area contributed by atoms with Crippen molar-refractivity contribution in [2.75, 3.05) is 6.54 Å². The molecule has 144 valence electrons. The lowest BCUT2D eigenvalue weighted by molar-refractivity contribution is -0.138. The Hall–Kier alpha value is -2.50. The van der Waals surface area contributed by atoms with Gasteiger partial charge in [0.25, 0.3) is 5.91 Å². The fourth-order valence-electron chi connectivity index (χ4n) is 3.25. The second kappa shape index (κ2) is 7.86. The third-order valence-electron chi connectivity index (χ3n) is 4.73. The highest BCUT2D eigenvalue weighted by Gasteiger charge is 2.30. The van der Waals surface area contributed by atoms with E-state index in [2.05, 4.69) is 5.16 Å². The predicted molar refractivity (Wildman–Crippen MR) is 108 cm³/mol. The number of amides is 1. The van der Waals surface area contributed by atoms with E-state index in [1.165, 1.54) is 0 Å². The molecule has 0 spiro atoms. The zero-order valence-corrected chi connectivity index (χ0v) is 16.7. The Balaban J connectivity index is 1.50. The zero-order chi connectivity index (χ0) is 19.7. The maximum absolute atomic E-state index is 12.9. The average molecular weight is 417 g/mol. The van der Waals surface area contributed by atoms with E-state index in [1.54, 1.807) is 48.2 Å². The Kier molecular flexibility index (Phi) is 5.29. The van der Waals surface area contributed by atoms with Crippen LogP contribution in [-0.2, 0) is 17.8 Å². The van der Waals surface area contributed by atoms with Crippen LogP contribution in [0, 0.1) is 0 Å². The molecule has 1 aliphatic rings. The molecule has 0 saturated heterocycles. The fourth-order valence-corrected chi connectivity index (χ4v) is 3.51. The van der Waals surface area contributed by atoms with E-state index in [1.807, 2.05) is 12.1 Å². The second-order valence-corrected chi connectivity index (χ2v) is 7.54. The van der Waals surface area contributed by atoms with E-state index in [-0.39, 0.29) is 5.91 Å². The molecule has 4 rings (SSSR count). The molecule has 5 nitrogen and oxygen atoms in total. The summed E-state index contributed by atoms with van der Waals surface area (Å²) in [6.45, 7) is 2.76. The van der Waals surface area contributed by atoms with Gasteiger partial charge in [-0.3, -0.25) is 4.79 Å². The molecule has 1 aromatic heterocycles. The Morgan fingerprint density at radius 3 is 2.43 bits per heavy atom. The van der Waals surface area contributed by atoms with Gasteiger partial charge in [0.2, 0.25) is 0 Å². The van der Waals surface area contributed by atoms with Crippen LogP contribution in [0.1, 0.15) is 18.2 Å². The van der Waals surface area contributed by atoms with Crippen molar-refractivity contribution in [3.8, 4) is 17.1 Å². The number of hydrogen-bond acceptors (Lipinski definition) is 4. The number of rotatable bonds is 4. The summed E-state index contributed by atoms with van der Waals surface area (Å²) in [5, 5.41) is 5.46. The Morgan fingerprint density at radius 2 is 1.75 bits per heavy atom. The largest absolute Gasteiger partial charge is 0.481 e. The van der Waals surface area contributed by atoms with Gasteiger partial charge in [-0.15, -0.1) is 0 Å². The van der Waals surface area contributed by atoms with Gasteiger partial charge in [-0.25, -0.2) is 0 Å². The van der Waals surface area contributed by atoms with Gasteiger partial charge in [0.15, 0.2) is 11.9 Å². The lowest BCUT2D eigenvalue weighted by Gasteiger charge is -2.29. The van der Waals surface area contributed by atoms with Gasteiger partial charge in [0, 0.05) is 34.1 Å². The number of hydrogen-bond donors (Lipinski definition) is 0. The van der Waals surface area contributed by atoms with E-state index >= 15 is 0 Å². The van der Waals surface area contributed by atoms with Crippen molar-refractivity contribution < 1.29 is 14.1 Å². The maximum Gasteiger partial charge on any atom is 0.263 e. The van der Waals surface area contributed by atoms with Crippen LogP contribution in [0.15, 0.2) is 53.1 Å². The molecule has 2 aromatic carbocycles. The number of nitrogens with zero attached hydrogens (tertiary/aromatic N) is 2. The summed E-state index contributed by atoms with van der Waals surface area (Å²) in [7, 11) is 0. The molecule has 3 aromatic rings. The van der Waals surface area contributed by atoms with E-state index in [9.17, 15) is 4.79 Å². The van der Waals surface area contributed by atoms with Crippen LogP contribution in [-0.4, -0.2) is 28.6 Å². The van der Waals surface area contributed by atoms with Crippen molar-refractivity contribution >= 4 is 29.1 Å². The number of benzene rings is 2. The minimum Gasteiger partial charge on any atom is -0.481 e. The van der Waals surface area contributed by atoms with E-state index in [0.29, 0.717) is 41.1 Å².